The summed E-state index contributed by atoms with van der Waals surface area (Å²) in [5.41, 5.74) is 6.20. The molecular weight excluding hydrogens is 218 g/mol. The van der Waals surface area contributed by atoms with Gasteiger partial charge in [0.2, 0.25) is 0 Å². The van der Waals surface area contributed by atoms with Crippen LogP contribution in [0.15, 0.2) is 35.2 Å². The minimum Gasteiger partial charge on any atom is -0.443 e. The van der Waals surface area contributed by atoms with E-state index in [-0.39, 0.29) is 5.75 Å². The second-order valence-corrected chi connectivity index (χ2v) is 3.00. The van der Waals surface area contributed by atoms with E-state index >= 15 is 0 Å². The Kier molecular flexibility index (Phi) is 2.72. The second-order valence-electron chi connectivity index (χ2n) is 3.00. The molecule has 4 nitrogen and oxygen atoms in total. The van der Waals surface area contributed by atoms with Gasteiger partial charge in [-0.3, -0.25) is 0 Å². The van der Waals surface area contributed by atoms with Crippen LogP contribution in [0.2, 0.25) is 0 Å². The predicted molar refractivity (Wildman–Crippen MR) is 53.0 cm³/mol. The Balaban J connectivity index is 2.44. The van der Waals surface area contributed by atoms with Crippen molar-refractivity contribution in [2.75, 3.05) is 5.73 Å². The second kappa shape index (κ2) is 4.18. The molecule has 2 aromatic rings. The lowest BCUT2D eigenvalue weighted by Crippen LogP contribution is -2.03. The van der Waals surface area contributed by atoms with Gasteiger partial charge in [-0.1, -0.05) is 0 Å². The van der Waals surface area contributed by atoms with Gasteiger partial charge in [0.1, 0.15) is 5.75 Å². The highest BCUT2D eigenvalue weighted by Crippen LogP contribution is 2.32. The van der Waals surface area contributed by atoms with Crippen molar-refractivity contribution < 1.29 is 17.9 Å². The van der Waals surface area contributed by atoms with Crippen molar-refractivity contribution in [3.63, 3.8) is 0 Å². The molecule has 0 aliphatic rings. The van der Waals surface area contributed by atoms with Crippen molar-refractivity contribution >= 4 is 5.69 Å². The molecule has 2 rings (SSSR count). The lowest BCUT2D eigenvalue weighted by Gasteiger charge is -2.09. The molecule has 0 saturated carbocycles. The van der Waals surface area contributed by atoms with E-state index in [1.807, 2.05) is 0 Å². The van der Waals surface area contributed by atoms with Gasteiger partial charge in [0.05, 0.1) is 11.8 Å². The summed E-state index contributed by atoms with van der Waals surface area (Å²) in [4.78, 5) is 3.70. The first kappa shape index (κ1) is 10.4. The summed E-state index contributed by atoms with van der Waals surface area (Å²) in [5, 5.41) is 0. The number of ether oxygens (including phenoxy) is 1. The first-order valence-corrected chi connectivity index (χ1v) is 4.40. The number of benzene rings is 1. The highest BCUT2D eigenvalue weighted by molar-refractivity contribution is 5.68. The van der Waals surface area contributed by atoms with Crippen LogP contribution < -0.4 is 10.5 Å². The molecule has 2 N–H and O–H groups in total. The quantitative estimate of drug-likeness (QED) is 0.817. The van der Waals surface area contributed by atoms with Crippen molar-refractivity contribution in [1.29, 1.82) is 0 Å². The minimum absolute atomic E-state index is 0.0354. The Morgan fingerprint density at radius 2 is 2.19 bits per heavy atom. The number of nitrogens with two attached hydrogens (primary N) is 1. The van der Waals surface area contributed by atoms with E-state index in [9.17, 15) is 8.78 Å². The fourth-order valence-corrected chi connectivity index (χ4v) is 1.28. The molecular formula is C10H8F2N2O2. The van der Waals surface area contributed by atoms with Crippen molar-refractivity contribution in [2.45, 2.75) is 6.61 Å². The fourth-order valence-electron chi connectivity index (χ4n) is 1.28. The van der Waals surface area contributed by atoms with Crippen LogP contribution in [0.1, 0.15) is 0 Å². The largest absolute Gasteiger partial charge is 0.443 e. The van der Waals surface area contributed by atoms with E-state index in [1.165, 1.54) is 24.7 Å². The van der Waals surface area contributed by atoms with E-state index in [0.717, 1.165) is 0 Å². The molecule has 0 aliphatic carbocycles. The van der Waals surface area contributed by atoms with Crippen LogP contribution in [0.3, 0.4) is 0 Å². The number of nitrogen functional groups attached to an aromatic ring is 1. The van der Waals surface area contributed by atoms with Gasteiger partial charge in [0.15, 0.2) is 12.2 Å². The molecule has 0 radical (unpaired) electrons. The lowest BCUT2D eigenvalue weighted by molar-refractivity contribution is -0.0494. The highest BCUT2D eigenvalue weighted by atomic mass is 19.3. The maximum atomic E-state index is 12.2. The Hall–Kier alpha value is -2.11. The number of oxazole rings is 1. The number of nitrogens with zero attached hydrogens (tertiary/aromatic N) is 1. The average Bonchev–Trinajstić information content (AvgIpc) is 2.69. The van der Waals surface area contributed by atoms with Gasteiger partial charge in [0, 0.05) is 11.8 Å². The molecule has 1 aromatic carbocycles. The van der Waals surface area contributed by atoms with Gasteiger partial charge >= 0.3 is 6.61 Å². The van der Waals surface area contributed by atoms with Gasteiger partial charge in [-0.2, -0.15) is 8.78 Å². The number of aromatic nitrogens is 1. The smallest absolute Gasteiger partial charge is 0.387 e. The molecule has 16 heavy (non-hydrogen) atoms. The van der Waals surface area contributed by atoms with E-state index < -0.39 is 6.61 Å². The third-order valence-corrected chi connectivity index (χ3v) is 1.92. The van der Waals surface area contributed by atoms with Crippen molar-refractivity contribution in [3.05, 3.63) is 30.8 Å². The molecule has 0 atom stereocenters. The summed E-state index contributed by atoms with van der Waals surface area (Å²) < 4.78 is 33.7. The van der Waals surface area contributed by atoms with Crippen LogP contribution in [0.5, 0.6) is 5.75 Å². The maximum absolute atomic E-state index is 12.2. The molecule has 0 aliphatic heterocycles. The number of rotatable bonds is 3. The lowest BCUT2D eigenvalue weighted by atomic mass is 10.1. The normalized spacial score (nSPS) is 10.7. The molecule has 0 spiro atoms. The maximum Gasteiger partial charge on any atom is 0.387 e. The van der Waals surface area contributed by atoms with Gasteiger partial charge in [-0.05, 0) is 12.1 Å². The summed E-state index contributed by atoms with van der Waals surface area (Å²) in [6.45, 7) is -2.91. The first-order chi connectivity index (χ1) is 7.66. The van der Waals surface area contributed by atoms with Crippen LogP contribution in [0, 0.1) is 0 Å². The van der Waals surface area contributed by atoms with Crippen molar-refractivity contribution in [2.24, 2.45) is 0 Å². The minimum atomic E-state index is -2.91. The van der Waals surface area contributed by atoms with E-state index in [4.69, 9.17) is 10.2 Å². The molecule has 1 aromatic heterocycles. The standard InChI is InChI=1S/C10H8F2N2O2/c11-10(12)16-8-3-6(13)1-2-7(8)9-4-14-5-15-9/h1-5,10H,13H2. The molecule has 6 heteroatoms. The van der Waals surface area contributed by atoms with Crippen LogP contribution in [0.4, 0.5) is 14.5 Å². The number of halogens is 2. The zero-order valence-corrected chi connectivity index (χ0v) is 8.06. The van der Waals surface area contributed by atoms with Gasteiger partial charge in [-0.15, -0.1) is 0 Å². The molecule has 84 valence electrons. The summed E-state index contributed by atoms with van der Waals surface area (Å²) in [6, 6.07) is 4.41. The molecule has 0 bridgehead atoms. The molecule has 0 amide bonds. The van der Waals surface area contributed by atoms with Crippen LogP contribution in [-0.2, 0) is 0 Å². The Bertz CT molecular complexity index is 472. The van der Waals surface area contributed by atoms with E-state index in [0.29, 0.717) is 17.0 Å². The van der Waals surface area contributed by atoms with E-state index in [1.54, 1.807) is 6.07 Å². The topological polar surface area (TPSA) is 61.3 Å². The van der Waals surface area contributed by atoms with Gasteiger partial charge in [0.25, 0.3) is 0 Å². The van der Waals surface area contributed by atoms with Crippen molar-refractivity contribution in [1.82, 2.24) is 4.98 Å². The molecule has 0 fully saturated rings. The summed E-state index contributed by atoms with van der Waals surface area (Å²) >= 11 is 0. The van der Waals surface area contributed by atoms with E-state index in [2.05, 4.69) is 9.72 Å². The first-order valence-electron chi connectivity index (χ1n) is 4.40. The Morgan fingerprint density at radius 1 is 1.38 bits per heavy atom. The fraction of sp³-hybridized carbons (Fsp3) is 0.100. The Labute approximate surface area is 89.7 Å². The third-order valence-electron chi connectivity index (χ3n) is 1.92. The number of anilines is 1. The molecule has 1 heterocycles. The predicted octanol–water partition coefficient (Wildman–Crippen LogP) is 2.53. The SMILES string of the molecule is Nc1ccc(-c2cnco2)c(OC(F)F)c1. The zero-order valence-electron chi connectivity index (χ0n) is 8.06. The van der Waals surface area contributed by atoms with Gasteiger partial charge in [-0.25, -0.2) is 4.98 Å². The summed E-state index contributed by atoms with van der Waals surface area (Å²) in [6.07, 6.45) is 2.61. The summed E-state index contributed by atoms with van der Waals surface area (Å²) in [7, 11) is 0. The van der Waals surface area contributed by atoms with Crippen LogP contribution in [0.25, 0.3) is 11.3 Å². The van der Waals surface area contributed by atoms with Crippen molar-refractivity contribution in [3.8, 4) is 17.1 Å². The molecule has 0 unspecified atom stereocenters. The zero-order chi connectivity index (χ0) is 11.5. The van der Waals surface area contributed by atoms with Crippen LogP contribution >= 0.6 is 0 Å². The average molecular weight is 226 g/mol. The van der Waals surface area contributed by atoms with Gasteiger partial charge < -0.3 is 14.9 Å². The monoisotopic (exact) mass is 226 g/mol. The number of hydrogen-bond donors (Lipinski definition) is 1. The molecule has 0 saturated heterocycles. The highest BCUT2D eigenvalue weighted by Gasteiger charge is 2.13. The number of alkyl halides is 2. The summed E-state index contributed by atoms with van der Waals surface area (Å²) in [5.74, 6) is 0.308. The number of hydrogen-bond acceptors (Lipinski definition) is 4. The third kappa shape index (κ3) is 2.10. The Morgan fingerprint density at radius 3 is 2.81 bits per heavy atom. The van der Waals surface area contributed by atoms with Crippen LogP contribution in [-0.4, -0.2) is 11.6 Å².